The maximum absolute atomic E-state index is 12.4. The monoisotopic (exact) mass is 378 g/mol. The zero-order valence-electron chi connectivity index (χ0n) is 13.7. The van der Waals surface area contributed by atoms with E-state index in [1.807, 2.05) is 13.0 Å². The Bertz CT molecular complexity index is 881. The first-order valence-electron chi connectivity index (χ1n) is 7.94. The van der Waals surface area contributed by atoms with E-state index in [4.69, 9.17) is 10.00 Å². The standard InChI is InChI=1S/C16H18N4O3S2/c1-11-2-7-15(24-11)25(21,22)20-12-3-5-13(6-4-12)23-16-14(10-17)18-8-9-19-16/h2,7-9,12-13,20H,3-6H2,1H3. The van der Waals surface area contributed by atoms with Gasteiger partial charge in [-0.15, -0.1) is 11.3 Å². The summed E-state index contributed by atoms with van der Waals surface area (Å²) in [5.41, 5.74) is 0.165. The van der Waals surface area contributed by atoms with Gasteiger partial charge < -0.3 is 4.74 Å². The lowest BCUT2D eigenvalue weighted by molar-refractivity contribution is 0.137. The third kappa shape index (κ3) is 4.34. The number of nitrogens with one attached hydrogen (secondary N) is 1. The van der Waals surface area contributed by atoms with Crippen LogP contribution in [0.4, 0.5) is 0 Å². The van der Waals surface area contributed by atoms with E-state index in [-0.39, 0.29) is 23.7 Å². The number of hydrogen-bond acceptors (Lipinski definition) is 7. The second-order valence-electron chi connectivity index (χ2n) is 5.90. The minimum Gasteiger partial charge on any atom is -0.472 e. The number of sulfonamides is 1. The largest absolute Gasteiger partial charge is 0.472 e. The van der Waals surface area contributed by atoms with Crippen molar-refractivity contribution < 1.29 is 13.2 Å². The molecule has 2 aromatic rings. The molecule has 1 N–H and O–H groups in total. The van der Waals surface area contributed by atoms with Gasteiger partial charge in [-0.25, -0.2) is 23.1 Å². The average Bonchev–Trinajstić information content (AvgIpc) is 3.04. The van der Waals surface area contributed by atoms with Crippen molar-refractivity contribution in [3.63, 3.8) is 0 Å². The van der Waals surface area contributed by atoms with Crippen LogP contribution in [0.15, 0.2) is 28.7 Å². The number of nitriles is 1. The molecular weight excluding hydrogens is 360 g/mol. The maximum Gasteiger partial charge on any atom is 0.251 e. The molecule has 0 unspecified atom stereocenters. The maximum atomic E-state index is 12.4. The summed E-state index contributed by atoms with van der Waals surface area (Å²) in [5.74, 6) is 0.239. The predicted octanol–water partition coefficient (Wildman–Crippen LogP) is 2.39. The van der Waals surface area contributed by atoms with E-state index < -0.39 is 10.0 Å². The molecule has 0 saturated heterocycles. The second-order valence-corrected chi connectivity index (χ2v) is 9.13. The zero-order valence-corrected chi connectivity index (χ0v) is 15.3. The summed E-state index contributed by atoms with van der Waals surface area (Å²) < 4.78 is 33.7. The lowest BCUT2D eigenvalue weighted by Gasteiger charge is -2.28. The number of aromatic nitrogens is 2. The van der Waals surface area contributed by atoms with E-state index in [1.54, 1.807) is 12.1 Å². The highest BCUT2D eigenvalue weighted by Gasteiger charge is 2.28. The molecule has 132 valence electrons. The van der Waals surface area contributed by atoms with Gasteiger partial charge in [0.05, 0.1) is 0 Å². The molecule has 0 aromatic carbocycles. The molecule has 1 saturated carbocycles. The van der Waals surface area contributed by atoms with Crippen molar-refractivity contribution in [1.82, 2.24) is 14.7 Å². The number of rotatable bonds is 5. The van der Waals surface area contributed by atoms with Gasteiger partial charge in [0.2, 0.25) is 15.7 Å². The first kappa shape index (κ1) is 17.8. The van der Waals surface area contributed by atoms with Gasteiger partial charge in [0.25, 0.3) is 5.88 Å². The summed E-state index contributed by atoms with van der Waals surface area (Å²) in [6, 6.07) is 5.29. The average molecular weight is 378 g/mol. The van der Waals surface area contributed by atoms with E-state index in [2.05, 4.69) is 14.7 Å². The number of thiophene rings is 1. The highest BCUT2D eigenvalue weighted by atomic mass is 32.2. The zero-order chi connectivity index (χ0) is 17.9. The number of ether oxygens (including phenoxy) is 1. The third-order valence-electron chi connectivity index (χ3n) is 4.03. The predicted molar refractivity (Wildman–Crippen MR) is 92.8 cm³/mol. The van der Waals surface area contributed by atoms with Gasteiger partial charge in [-0.1, -0.05) is 0 Å². The summed E-state index contributed by atoms with van der Waals surface area (Å²) in [4.78, 5) is 8.94. The van der Waals surface area contributed by atoms with Crippen molar-refractivity contribution in [2.45, 2.75) is 49.0 Å². The van der Waals surface area contributed by atoms with Crippen LogP contribution in [0.5, 0.6) is 5.88 Å². The summed E-state index contributed by atoms with van der Waals surface area (Å²) in [6.07, 6.45) is 5.58. The van der Waals surface area contributed by atoms with Crippen molar-refractivity contribution >= 4 is 21.4 Å². The van der Waals surface area contributed by atoms with Crippen LogP contribution in [0.25, 0.3) is 0 Å². The minimum atomic E-state index is -3.46. The van der Waals surface area contributed by atoms with E-state index in [1.165, 1.54) is 23.7 Å². The van der Waals surface area contributed by atoms with Gasteiger partial charge in [-0.3, -0.25) is 0 Å². The molecule has 1 fully saturated rings. The van der Waals surface area contributed by atoms with E-state index in [0.717, 1.165) is 4.88 Å². The molecule has 2 aromatic heterocycles. The van der Waals surface area contributed by atoms with Gasteiger partial charge in [0, 0.05) is 23.3 Å². The summed E-state index contributed by atoms with van der Waals surface area (Å²) in [7, 11) is -3.46. The van der Waals surface area contributed by atoms with Crippen molar-refractivity contribution in [3.05, 3.63) is 35.1 Å². The molecule has 1 aliphatic rings. The lowest BCUT2D eigenvalue weighted by atomic mass is 9.94. The van der Waals surface area contributed by atoms with Gasteiger partial charge in [-0.05, 0) is 44.7 Å². The third-order valence-corrected chi connectivity index (χ3v) is 7.04. The SMILES string of the molecule is Cc1ccc(S(=O)(=O)NC2CCC(Oc3nccnc3C#N)CC2)s1. The lowest BCUT2D eigenvalue weighted by Crippen LogP contribution is -2.39. The van der Waals surface area contributed by atoms with E-state index in [0.29, 0.717) is 29.9 Å². The Morgan fingerprint density at radius 2 is 1.96 bits per heavy atom. The topological polar surface area (TPSA) is 105 Å². The Morgan fingerprint density at radius 3 is 2.60 bits per heavy atom. The van der Waals surface area contributed by atoms with E-state index >= 15 is 0 Å². The molecule has 25 heavy (non-hydrogen) atoms. The minimum absolute atomic E-state index is 0.0893. The van der Waals surface area contributed by atoms with Gasteiger partial charge in [-0.2, -0.15) is 5.26 Å². The first-order valence-corrected chi connectivity index (χ1v) is 10.2. The molecule has 0 atom stereocenters. The van der Waals surface area contributed by atoms with Crippen LogP contribution >= 0.6 is 11.3 Å². The van der Waals surface area contributed by atoms with Crippen molar-refractivity contribution in [2.75, 3.05) is 0 Å². The van der Waals surface area contributed by atoms with Gasteiger partial charge in [0.1, 0.15) is 16.4 Å². The summed E-state index contributed by atoms with van der Waals surface area (Å²) >= 11 is 1.27. The molecule has 0 amide bonds. The molecule has 0 spiro atoms. The molecular formula is C16H18N4O3S2. The molecule has 2 heterocycles. The van der Waals surface area contributed by atoms with Crippen molar-refractivity contribution in [1.29, 1.82) is 5.26 Å². The molecule has 0 radical (unpaired) electrons. The highest BCUT2D eigenvalue weighted by Crippen LogP contribution is 2.26. The Labute approximate surface area is 150 Å². The van der Waals surface area contributed by atoms with Crippen molar-refractivity contribution in [3.8, 4) is 11.9 Å². The molecule has 7 nitrogen and oxygen atoms in total. The van der Waals surface area contributed by atoms with Gasteiger partial charge >= 0.3 is 0 Å². The fourth-order valence-electron chi connectivity index (χ4n) is 2.78. The van der Waals surface area contributed by atoms with E-state index in [9.17, 15) is 8.42 Å². The normalized spacial score (nSPS) is 20.8. The molecule has 0 aliphatic heterocycles. The molecule has 1 aliphatic carbocycles. The highest BCUT2D eigenvalue weighted by molar-refractivity contribution is 7.91. The van der Waals surface area contributed by atoms with Gasteiger partial charge in [0.15, 0.2) is 0 Å². The van der Waals surface area contributed by atoms with Crippen LogP contribution < -0.4 is 9.46 Å². The smallest absolute Gasteiger partial charge is 0.251 e. The Kier molecular flexibility index (Phi) is 5.32. The number of nitrogens with zero attached hydrogens (tertiary/aromatic N) is 3. The molecule has 0 bridgehead atoms. The van der Waals surface area contributed by atoms with Crippen LogP contribution in [-0.2, 0) is 10.0 Å². The van der Waals surface area contributed by atoms with Crippen LogP contribution in [0, 0.1) is 18.3 Å². The summed E-state index contributed by atoms with van der Waals surface area (Å²) in [6.45, 7) is 1.88. The number of hydrogen-bond donors (Lipinski definition) is 1. The van der Waals surface area contributed by atoms with Crippen LogP contribution in [0.1, 0.15) is 36.3 Å². The first-order chi connectivity index (χ1) is 12.0. The number of aryl methyl sites for hydroxylation is 1. The van der Waals surface area contributed by atoms with Crippen LogP contribution in [-0.4, -0.2) is 30.5 Å². The fraction of sp³-hybridized carbons (Fsp3) is 0.438. The van der Waals surface area contributed by atoms with Crippen LogP contribution in [0.3, 0.4) is 0 Å². The Hall–Kier alpha value is -2.02. The molecule has 3 rings (SSSR count). The second kappa shape index (κ2) is 7.47. The fourth-order valence-corrected chi connectivity index (χ4v) is 5.38. The van der Waals surface area contributed by atoms with Crippen molar-refractivity contribution in [2.24, 2.45) is 0 Å². The molecule has 9 heteroatoms. The Balaban J connectivity index is 1.56. The van der Waals surface area contributed by atoms with Crippen LogP contribution in [0.2, 0.25) is 0 Å². The summed E-state index contributed by atoms with van der Waals surface area (Å²) in [5, 5.41) is 9.02. The Morgan fingerprint density at radius 1 is 1.24 bits per heavy atom. The quantitative estimate of drug-likeness (QED) is 0.856.